The van der Waals surface area contributed by atoms with Crippen LogP contribution in [-0.4, -0.2) is 56.9 Å². The maximum Gasteiger partial charge on any atom is 0.303 e. The molecule has 1 amide bonds. The summed E-state index contributed by atoms with van der Waals surface area (Å²) in [6.07, 6.45) is 3.88. The number of methoxy groups -OCH3 is 2. The van der Waals surface area contributed by atoms with Crippen molar-refractivity contribution >= 4 is 17.7 Å². The average molecular weight is 481 g/mol. The Kier molecular flexibility index (Phi) is 8.22. The van der Waals surface area contributed by atoms with Crippen molar-refractivity contribution < 1.29 is 29.0 Å². The van der Waals surface area contributed by atoms with Crippen molar-refractivity contribution in [1.29, 1.82) is 0 Å². The summed E-state index contributed by atoms with van der Waals surface area (Å²) >= 11 is 0. The smallest absolute Gasteiger partial charge is 0.303 e. The summed E-state index contributed by atoms with van der Waals surface area (Å²) in [6.45, 7) is 0. The van der Waals surface area contributed by atoms with Gasteiger partial charge in [0.05, 0.1) is 20.3 Å². The molecule has 35 heavy (non-hydrogen) atoms. The van der Waals surface area contributed by atoms with Gasteiger partial charge in [0, 0.05) is 43.6 Å². The van der Waals surface area contributed by atoms with Gasteiger partial charge >= 0.3 is 5.97 Å². The Morgan fingerprint density at radius 1 is 0.943 bits per heavy atom. The van der Waals surface area contributed by atoms with Crippen LogP contribution in [0.15, 0.2) is 47.7 Å². The van der Waals surface area contributed by atoms with Gasteiger partial charge in [-0.1, -0.05) is 0 Å². The van der Waals surface area contributed by atoms with Crippen LogP contribution in [0.3, 0.4) is 0 Å². The van der Waals surface area contributed by atoms with Crippen LogP contribution >= 0.6 is 0 Å². The topological polar surface area (TPSA) is 173 Å². The van der Waals surface area contributed by atoms with E-state index in [2.05, 4.69) is 25.3 Å². The van der Waals surface area contributed by atoms with Crippen LogP contribution in [0.2, 0.25) is 0 Å². The summed E-state index contributed by atoms with van der Waals surface area (Å²) in [5.41, 5.74) is 0.0834. The van der Waals surface area contributed by atoms with Gasteiger partial charge in [-0.05, 0) is 29.7 Å². The molecule has 12 nitrogen and oxygen atoms in total. The highest BCUT2D eigenvalue weighted by molar-refractivity contribution is 5.95. The molecule has 3 N–H and O–H groups in total. The van der Waals surface area contributed by atoms with Gasteiger partial charge in [0.1, 0.15) is 5.56 Å². The zero-order chi connectivity index (χ0) is 25.4. The molecule has 3 heterocycles. The molecule has 0 saturated carbocycles. The van der Waals surface area contributed by atoms with E-state index >= 15 is 0 Å². The SMILES string of the molecule is COc1ccc(C(NC(=O)c2cnc(C(=O)CCCC(=O)O)[nH]c2=O)c2ccc(OC)nc2)cn1. The van der Waals surface area contributed by atoms with Crippen LogP contribution in [0.4, 0.5) is 0 Å². The molecule has 0 unspecified atom stereocenters. The van der Waals surface area contributed by atoms with Crippen LogP contribution in [0.5, 0.6) is 11.8 Å². The number of carbonyl (C=O) groups excluding carboxylic acids is 2. The van der Waals surface area contributed by atoms with Gasteiger partial charge in [0.15, 0.2) is 11.6 Å². The van der Waals surface area contributed by atoms with Gasteiger partial charge in [-0.25, -0.2) is 15.0 Å². The highest BCUT2D eigenvalue weighted by Crippen LogP contribution is 2.24. The number of aliphatic carboxylic acids is 1. The van der Waals surface area contributed by atoms with Crippen LogP contribution in [0.1, 0.15) is 57.4 Å². The first-order valence-electron chi connectivity index (χ1n) is 10.5. The van der Waals surface area contributed by atoms with Crippen LogP contribution < -0.4 is 20.3 Å². The molecule has 0 aromatic carbocycles. The van der Waals surface area contributed by atoms with Gasteiger partial charge in [0.2, 0.25) is 11.8 Å². The highest BCUT2D eigenvalue weighted by atomic mass is 16.5. The van der Waals surface area contributed by atoms with Crippen molar-refractivity contribution in [2.75, 3.05) is 14.2 Å². The number of ether oxygens (including phenoxy) is 2. The van der Waals surface area contributed by atoms with E-state index < -0.39 is 29.3 Å². The Labute approximate surface area is 199 Å². The minimum atomic E-state index is -1.03. The number of carbonyl (C=O) groups is 3. The molecular formula is C23H23N5O7. The first-order chi connectivity index (χ1) is 16.8. The van der Waals surface area contributed by atoms with Crippen molar-refractivity contribution in [2.45, 2.75) is 25.3 Å². The lowest BCUT2D eigenvalue weighted by Crippen LogP contribution is -2.34. The van der Waals surface area contributed by atoms with E-state index in [9.17, 15) is 19.2 Å². The molecule has 182 valence electrons. The summed E-state index contributed by atoms with van der Waals surface area (Å²) in [4.78, 5) is 62.8. The van der Waals surface area contributed by atoms with Crippen molar-refractivity contribution in [3.8, 4) is 11.8 Å². The summed E-state index contributed by atoms with van der Waals surface area (Å²) in [5, 5.41) is 11.4. The Morgan fingerprint density at radius 2 is 1.54 bits per heavy atom. The third-order valence-corrected chi connectivity index (χ3v) is 4.98. The molecule has 3 rings (SSSR count). The maximum absolute atomic E-state index is 13.0. The van der Waals surface area contributed by atoms with Crippen LogP contribution in [0, 0.1) is 0 Å². The lowest BCUT2D eigenvalue weighted by molar-refractivity contribution is -0.137. The van der Waals surface area contributed by atoms with E-state index in [4.69, 9.17) is 14.6 Å². The predicted molar refractivity (Wildman–Crippen MR) is 122 cm³/mol. The second kappa shape index (κ2) is 11.5. The fourth-order valence-electron chi connectivity index (χ4n) is 3.15. The fraction of sp³-hybridized carbons (Fsp3) is 0.261. The Morgan fingerprint density at radius 3 is 2.00 bits per heavy atom. The van der Waals surface area contributed by atoms with E-state index in [1.165, 1.54) is 26.6 Å². The van der Waals surface area contributed by atoms with Crippen LogP contribution in [-0.2, 0) is 4.79 Å². The van der Waals surface area contributed by atoms with E-state index in [0.29, 0.717) is 22.9 Å². The number of aromatic amines is 1. The van der Waals surface area contributed by atoms with Gasteiger partial charge in [-0.15, -0.1) is 0 Å². The Hall–Kier alpha value is -4.61. The minimum absolute atomic E-state index is 0.0994. The number of ketones is 1. The normalized spacial score (nSPS) is 10.6. The van der Waals surface area contributed by atoms with E-state index in [0.717, 1.165) is 6.20 Å². The fourth-order valence-corrected chi connectivity index (χ4v) is 3.15. The molecule has 0 fully saturated rings. The monoisotopic (exact) mass is 481 g/mol. The summed E-state index contributed by atoms with van der Waals surface area (Å²) < 4.78 is 10.2. The molecule has 3 aromatic rings. The molecule has 0 spiro atoms. The number of Topliss-reactive ketones (excluding diaryl/α,β-unsaturated/α-hetero) is 1. The molecule has 3 aromatic heterocycles. The number of hydrogen-bond acceptors (Lipinski definition) is 9. The number of hydrogen-bond donors (Lipinski definition) is 3. The molecule has 12 heteroatoms. The third-order valence-electron chi connectivity index (χ3n) is 4.98. The molecule has 0 aliphatic carbocycles. The number of carboxylic acid groups (broad SMARTS) is 1. The quantitative estimate of drug-likeness (QED) is 0.341. The second-order valence-electron chi connectivity index (χ2n) is 7.32. The molecule has 0 aliphatic heterocycles. The number of amides is 1. The van der Waals surface area contributed by atoms with Gasteiger partial charge in [-0.2, -0.15) is 0 Å². The maximum atomic E-state index is 13.0. The summed E-state index contributed by atoms with van der Waals surface area (Å²) in [6, 6.07) is 5.95. The van der Waals surface area contributed by atoms with Crippen molar-refractivity contribution in [3.63, 3.8) is 0 Å². The second-order valence-corrected chi connectivity index (χ2v) is 7.32. The first kappa shape index (κ1) is 25.0. The molecule has 0 bridgehead atoms. The number of aromatic nitrogens is 4. The lowest BCUT2D eigenvalue weighted by atomic mass is 10.0. The number of rotatable bonds is 11. The molecule has 0 atom stereocenters. The number of nitrogens with one attached hydrogen (secondary N) is 2. The Balaban J connectivity index is 1.84. The molecule has 0 radical (unpaired) electrons. The standard InChI is InChI=1S/C23H23N5O7/c1-34-17-8-6-13(10-24-17)20(14-7-9-18(35-2)25-11-14)27-22(32)15-12-26-21(28-23(15)33)16(29)4-3-5-19(30)31/h6-12,20H,3-5H2,1-2H3,(H,27,32)(H,30,31)(H,26,28,33). The summed E-state index contributed by atoms with van der Waals surface area (Å²) in [7, 11) is 2.96. The van der Waals surface area contributed by atoms with Crippen molar-refractivity contribution in [1.82, 2.24) is 25.3 Å². The average Bonchev–Trinajstić information content (AvgIpc) is 2.87. The van der Waals surface area contributed by atoms with Crippen molar-refractivity contribution in [3.05, 3.63) is 75.7 Å². The summed E-state index contributed by atoms with van der Waals surface area (Å²) in [5.74, 6) is -1.76. The van der Waals surface area contributed by atoms with Gasteiger partial charge in [0.25, 0.3) is 11.5 Å². The number of H-pyrrole nitrogens is 1. The third kappa shape index (κ3) is 6.47. The zero-order valence-electron chi connectivity index (χ0n) is 19.0. The molecule has 0 saturated heterocycles. The van der Waals surface area contributed by atoms with E-state index in [1.54, 1.807) is 24.3 Å². The number of pyridine rings is 2. The molecule has 0 aliphatic rings. The molecular weight excluding hydrogens is 458 g/mol. The zero-order valence-corrected chi connectivity index (χ0v) is 19.0. The van der Waals surface area contributed by atoms with Crippen LogP contribution in [0.25, 0.3) is 0 Å². The Bertz CT molecular complexity index is 1210. The van der Waals surface area contributed by atoms with Gasteiger partial charge in [-0.3, -0.25) is 19.2 Å². The first-order valence-corrected chi connectivity index (χ1v) is 10.5. The predicted octanol–water partition coefficient (Wildman–Crippen LogP) is 1.53. The number of nitrogens with zero attached hydrogens (tertiary/aromatic N) is 3. The largest absolute Gasteiger partial charge is 0.481 e. The van der Waals surface area contributed by atoms with Gasteiger partial charge < -0.3 is 24.9 Å². The number of carboxylic acids is 1. The van der Waals surface area contributed by atoms with E-state index in [-0.39, 0.29) is 30.7 Å². The highest BCUT2D eigenvalue weighted by Gasteiger charge is 2.22. The lowest BCUT2D eigenvalue weighted by Gasteiger charge is -2.19. The van der Waals surface area contributed by atoms with Crippen molar-refractivity contribution in [2.24, 2.45) is 0 Å². The van der Waals surface area contributed by atoms with E-state index in [1.807, 2.05) is 0 Å². The minimum Gasteiger partial charge on any atom is -0.481 e.